The third kappa shape index (κ3) is 2.32. The molecule has 3 nitrogen and oxygen atoms in total. The molecule has 13 heavy (non-hydrogen) atoms. The zero-order chi connectivity index (χ0) is 10.0. The van der Waals surface area contributed by atoms with Gasteiger partial charge in [-0.3, -0.25) is 0 Å². The van der Waals surface area contributed by atoms with Crippen LogP contribution in [0.25, 0.3) is 0 Å². The average Bonchev–Trinajstić information content (AvgIpc) is 1.99. The van der Waals surface area contributed by atoms with Crippen LogP contribution < -0.4 is 5.73 Å². The number of nitrogens with two attached hydrogens (primary N) is 1. The van der Waals surface area contributed by atoms with Crippen molar-refractivity contribution in [1.29, 1.82) is 0 Å². The highest BCUT2D eigenvalue weighted by Gasteiger charge is 2.09. The fourth-order valence-corrected chi connectivity index (χ4v) is 1.10. The van der Waals surface area contributed by atoms with E-state index in [1.54, 1.807) is 6.92 Å². The molecule has 0 aliphatic rings. The summed E-state index contributed by atoms with van der Waals surface area (Å²) in [6.45, 7) is 1.76. The van der Waals surface area contributed by atoms with Crippen molar-refractivity contribution in [2.75, 3.05) is 0 Å². The van der Waals surface area contributed by atoms with Crippen LogP contribution in [0.5, 0.6) is 11.5 Å². The summed E-state index contributed by atoms with van der Waals surface area (Å²) in [6.07, 6.45) is 0.402. The van der Waals surface area contributed by atoms with Gasteiger partial charge in [0.05, 0.1) is 0 Å². The predicted octanol–water partition coefficient (Wildman–Crippen LogP) is 1.13. The molecular formula is C9H12FNO2. The topological polar surface area (TPSA) is 66.5 Å². The molecule has 0 radical (unpaired) electrons. The van der Waals surface area contributed by atoms with Crippen LogP contribution in [0, 0.1) is 5.82 Å². The van der Waals surface area contributed by atoms with Gasteiger partial charge in [-0.15, -0.1) is 0 Å². The summed E-state index contributed by atoms with van der Waals surface area (Å²) >= 11 is 0. The molecule has 0 aliphatic heterocycles. The van der Waals surface area contributed by atoms with Crippen molar-refractivity contribution in [1.82, 2.24) is 0 Å². The lowest BCUT2D eigenvalue weighted by Crippen LogP contribution is -2.17. The Bertz CT molecular complexity index is 313. The molecule has 1 unspecified atom stereocenters. The maximum Gasteiger partial charge on any atom is 0.168 e. The summed E-state index contributed by atoms with van der Waals surface area (Å²) < 4.78 is 12.7. The van der Waals surface area contributed by atoms with Gasteiger partial charge in [0.1, 0.15) is 5.75 Å². The largest absolute Gasteiger partial charge is 0.508 e. The van der Waals surface area contributed by atoms with Gasteiger partial charge in [0.2, 0.25) is 0 Å². The van der Waals surface area contributed by atoms with E-state index in [0.717, 1.165) is 6.07 Å². The molecule has 0 bridgehead atoms. The molecule has 0 aromatic heterocycles. The van der Waals surface area contributed by atoms with E-state index < -0.39 is 11.6 Å². The van der Waals surface area contributed by atoms with Crippen LogP contribution in [0.2, 0.25) is 0 Å². The number of aromatic hydroxyl groups is 2. The molecular weight excluding hydrogens is 173 g/mol. The van der Waals surface area contributed by atoms with Crippen LogP contribution >= 0.6 is 0 Å². The Kier molecular flexibility index (Phi) is 2.72. The van der Waals surface area contributed by atoms with E-state index in [-0.39, 0.29) is 11.8 Å². The molecule has 0 fully saturated rings. The van der Waals surface area contributed by atoms with Crippen LogP contribution in [0.15, 0.2) is 12.1 Å². The second-order valence-corrected chi connectivity index (χ2v) is 3.11. The molecule has 0 saturated carbocycles. The highest BCUT2D eigenvalue weighted by Crippen LogP contribution is 2.26. The normalized spacial score (nSPS) is 12.8. The Labute approximate surface area is 75.6 Å². The predicted molar refractivity (Wildman–Crippen MR) is 47.1 cm³/mol. The summed E-state index contributed by atoms with van der Waals surface area (Å²) in [5, 5.41) is 18.3. The first-order chi connectivity index (χ1) is 6.00. The molecule has 1 aromatic rings. The van der Waals surface area contributed by atoms with Crippen molar-refractivity contribution < 1.29 is 14.6 Å². The molecule has 0 saturated heterocycles. The van der Waals surface area contributed by atoms with Crippen LogP contribution in [-0.4, -0.2) is 16.3 Å². The molecule has 4 N–H and O–H groups in total. The Hall–Kier alpha value is -1.29. The maximum absolute atomic E-state index is 12.7. The Morgan fingerprint density at radius 3 is 2.54 bits per heavy atom. The minimum atomic E-state index is -0.828. The molecule has 1 rings (SSSR count). The van der Waals surface area contributed by atoms with Crippen LogP contribution in [0.3, 0.4) is 0 Å². The third-order valence-corrected chi connectivity index (χ3v) is 1.69. The van der Waals surface area contributed by atoms with Gasteiger partial charge in [-0.05, 0) is 25.0 Å². The summed E-state index contributed by atoms with van der Waals surface area (Å²) in [7, 11) is 0. The van der Waals surface area contributed by atoms with Gasteiger partial charge in [-0.2, -0.15) is 0 Å². The number of phenolic OH excluding ortho intramolecular Hbond substituents is 2. The van der Waals surface area contributed by atoms with Crippen molar-refractivity contribution in [2.45, 2.75) is 19.4 Å². The first kappa shape index (κ1) is 9.80. The number of benzene rings is 1. The molecule has 0 spiro atoms. The fraction of sp³-hybridized carbons (Fsp3) is 0.333. The zero-order valence-corrected chi connectivity index (χ0v) is 7.29. The molecule has 0 heterocycles. The van der Waals surface area contributed by atoms with Gasteiger partial charge in [-0.1, -0.05) is 0 Å². The summed E-state index contributed by atoms with van der Waals surface area (Å²) in [4.78, 5) is 0. The number of rotatable bonds is 2. The molecule has 0 amide bonds. The van der Waals surface area contributed by atoms with E-state index in [9.17, 15) is 9.50 Å². The standard InChI is InChI=1S/C9H12FNO2/c1-5(11)2-6-3-9(13)7(10)4-8(6)12/h3-5,12-13H,2,11H2,1H3. The number of halogens is 1. The molecule has 1 atom stereocenters. The fourth-order valence-electron chi connectivity index (χ4n) is 1.10. The van der Waals surface area contributed by atoms with Gasteiger partial charge in [0, 0.05) is 12.1 Å². The van der Waals surface area contributed by atoms with Crippen molar-refractivity contribution in [3.8, 4) is 11.5 Å². The number of hydrogen-bond acceptors (Lipinski definition) is 3. The zero-order valence-electron chi connectivity index (χ0n) is 7.29. The first-order valence-electron chi connectivity index (χ1n) is 3.96. The Morgan fingerprint density at radius 1 is 1.38 bits per heavy atom. The lowest BCUT2D eigenvalue weighted by atomic mass is 10.1. The lowest BCUT2D eigenvalue weighted by Gasteiger charge is -2.08. The SMILES string of the molecule is CC(N)Cc1cc(O)c(F)cc1O. The van der Waals surface area contributed by atoms with E-state index in [1.807, 2.05) is 0 Å². The van der Waals surface area contributed by atoms with E-state index in [2.05, 4.69) is 0 Å². The van der Waals surface area contributed by atoms with Gasteiger partial charge >= 0.3 is 0 Å². The number of phenols is 2. The minimum absolute atomic E-state index is 0.143. The summed E-state index contributed by atoms with van der Waals surface area (Å²) in [6, 6.07) is 1.93. The summed E-state index contributed by atoms with van der Waals surface area (Å²) in [5.74, 6) is -1.47. The first-order valence-corrected chi connectivity index (χ1v) is 3.96. The maximum atomic E-state index is 12.7. The molecule has 0 aliphatic carbocycles. The third-order valence-electron chi connectivity index (χ3n) is 1.69. The minimum Gasteiger partial charge on any atom is -0.508 e. The molecule has 4 heteroatoms. The summed E-state index contributed by atoms with van der Waals surface area (Å²) in [5.41, 5.74) is 5.95. The van der Waals surface area contributed by atoms with Gasteiger partial charge < -0.3 is 15.9 Å². The van der Waals surface area contributed by atoms with Crippen molar-refractivity contribution >= 4 is 0 Å². The smallest absolute Gasteiger partial charge is 0.168 e. The van der Waals surface area contributed by atoms with E-state index in [0.29, 0.717) is 12.0 Å². The Balaban J connectivity index is 3.01. The highest BCUT2D eigenvalue weighted by atomic mass is 19.1. The number of hydrogen-bond donors (Lipinski definition) is 3. The van der Waals surface area contributed by atoms with E-state index >= 15 is 0 Å². The quantitative estimate of drug-likeness (QED) is 0.605. The van der Waals surface area contributed by atoms with E-state index in [4.69, 9.17) is 10.8 Å². The second kappa shape index (κ2) is 3.62. The van der Waals surface area contributed by atoms with Gasteiger partial charge in [0.25, 0.3) is 0 Å². The van der Waals surface area contributed by atoms with Gasteiger partial charge in [0.15, 0.2) is 11.6 Å². The van der Waals surface area contributed by atoms with Crippen molar-refractivity contribution in [3.05, 3.63) is 23.5 Å². The lowest BCUT2D eigenvalue weighted by molar-refractivity contribution is 0.417. The van der Waals surface area contributed by atoms with Gasteiger partial charge in [-0.25, -0.2) is 4.39 Å². The average molecular weight is 185 g/mol. The van der Waals surface area contributed by atoms with Crippen LogP contribution in [-0.2, 0) is 6.42 Å². The Morgan fingerprint density at radius 2 is 2.00 bits per heavy atom. The van der Waals surface area contributed by atoms with Crippen LogP contribution in [0.1, 0.15) is 12.5 Å². The highest BCUT2D eigenvalue weighted by molar-refractivity contribution is 5.40. The molecule has 72 valence electrons. The molecule has 1 aromatic carbocycles. The van der Waals surface area contributed by atoms with Crippen molar-refractivity contribution in [2.24, 2.45) is 5.73 Å². The van der Waals surface area contributed by atoms with Crippen molar-refractivity contribution in [3.63, 3.8) is 0 Å². The van der Waals surface area contributed by atoms with E-state index in [1.165, 1.54) is 6.07 Å². The van der Waals surface area contributed by atoms with Crippen LogP contribution in [0.4, 0.5) is 4.39 Å². The monoisotopic (exact) mass is 185 g/mol. The second-order valence-electron chi connectivity index (χ2n) is 3.11.